The summed E-state index contributed by atoms with van der Waals surface area (Å²) in [7, 11) is 0. The van der Waals surface area contributed by atoms with Crippen molar-refractivity contribution in [2.45, 2.75) is 52.2 Å². The quantitative estimate of drug-likeness (QED) is 0.365. The van der Waals surface area contributed by atoms with Crippen molar-refractivity contribution >= 4 is 40.4 Å². The third-order valence-corrected chi connectivity index (χ3v) is 6.25. The maximum atomic E-state index is 14.8. The van der Waals surface area contributed by atoms with E-state index >= 15 is 0 Å². The van der Waals surface area contributed by atoms with Crippen LogP contribution in [0.3, 0.4) is 0 Å². The first-order valence-corrected chi connectivity index (χ1v) is 12.1. The molecule has 0 saturated heterocycles. The van der Waals surface area contributed by atoms with Crippen LogP contribution in [0.1, 0.15) is 60.7 Å². The van der Waals surface area contributed by atoms with E-state index in [0.29, 0.717) is 33.9 Å². The molecule has 1 aromatic carbocycles. The van der Waals surface area contributed by atoms with Gasteiger partial charge in [-0.2, -0.15) is 0 Å². The molecular weight excluding hydrogens is 483 g/mol. The topological polar surface area (TPSA) is 104 Å². The Bertz CT molecular complexity index is 1420. The Morgan fingerprint density at radius 3 is 2.61 bits per heavy atom. The first-order valence-electron chi connectivity index (χ1n) is 11.3. The lowest BCUT2D eigenvalue weighted by atomic mass is 10.1. The average Bonchev–Trinajstić information content (AvgIpc) is 3.59. The highest BCUT2D eigenvalue weighted by Gasteiger charge is 2.34. The highest BCUT2D eigenvalue weighted by atomic mass is 32.1. The fraction of sp³-hybridized carbons (Fsp3) is 0.308. The van der Waals surface area contributed by atoms with Crippen LogP contribution in [0.15, 0.2) is 35.3 Å². The van der Waals surface area contributed by atoms with Crippen LogP contribution in [-0.2, 0) is 4.74 Å². The maximum Gasteiger partial charge on any atom is 0.413 e. The fourth-order valence-electron chi connectivity index (χ4n) is 3.44. The zero-order chi connectivity index (χ0) is 26.0. The number of aldehydes is 1. The van der Waals surface area contributed by atoms with Gasteiger partial charge in [-0.25, -0.2) is 14.2 Å². The highest BCUT2D eigenvalue weighted by molar-refractivity contribution is 7.10. The van der Waals surface area contributed by atoms with Crippen molar-refractivity contribution in [3.05, 3.63) is 68.9 Å². The summed E-state index contributed by atoms with van der Waals surface area (Å²) in [4.78, 5) is 41.8. The van der Waals surface area contributed by atoms with Crippen LogP contribution >= 0.6 is 11.5 Å². The number of halogens is 1. The zero-order valence-corrected chi connectivity index (χ0v) is 21.1. The van der Waals surface area contributed by atoms with E-state index in [4.69, 9.17) is 4.74 Å². The Morgan fingerprint density at radius 1 is 1.31 bits per heavy atom. The van der Waals surface area contributed by atoms with Gasteiger partial charge >= 0.3 is 6.09 Å². The number of carbonyl (C=O) groups is 2. The molecule has 1 aliphatic rings. The van der Waals surface area contributed by atoms with Crippen LogP contribution in [0.4, 0.5) is 25.7 Å². The molecule has 1 aliphatic carbocycles. The first-order chi connectivity index (χ1) is 17.1. The Balaban J connectivity index is 1.61. The number of carbonyl (C=O) groups excluding carboxylic acids is 2. The number of aromatic amines is 1. The molecule has 2 heterocycles. The summed E-state index contributed by atoms with van der Waals surface area (Å²) in [6, 6.07) is 6.03. The normalized spacial score (nSPS) is 12.9. The van der Waals surface area contributed by atoms with Gasteiger partial charge in [0.25, 0.3) is 5.56 Å². The number of pyridine rings is 1. The number of rotatable bonds is 5. The van der Waals surface area contributed by atoms with Crippen LogP contribution in [-0.4, -0.2) is 33.4 Å². The van der Waals surface area contributed by atoms with E-state index in [0.717, 1.165) is 12.8 Å². The van der Waals surface area contributed by atoms with Crippen LogP contribution in [0.25, 0.3) is 0 Å². The number of nitrogens with one attached hydrogen (secondary N) is 2. The maximum absolute atomic E-state index is 14.8. The second-order valence-corrected chi connectivity index (χ2v) is 10.2. The molecular formula is C26H25FN4O4S. The average molecular weight is 509 g/mol. The van der Waals surface area contributed by atoms with Gasteiger partial charge in [0.05, 0.1) is 16.8 Å². The molecule has 186 valence electrons. The highest BCUT2D eigenvalue weighted by Crippen LogP contribution is 2.42. The molecule has 0 aliphatic heterocycles. The molecule has 8 nitrogen and oxygen atoms in total. The van der Waals surface area contributed by atoms with E-state index in [1.165, 1.54) is 23.8 Å². The number of nitrogens with zero attached hydrogens (tertiary/aromatic N) is 2. The molecule has 2 aromatic heterocycles. The van der Waals surface area contributed by atoms with E-state index in [9.17, 15) is 18.8 Å². The van der Waals surface area contributed by atoms with Gasteiger partial charge in [0.15, 0.2) is 6.29 Å². The number of H-pyrrole nitrogens is 1. The van der Waals surface area contributed by atoms with E-state index in [2.05, 4.69) is 26.5 Å². The van der Waals surface area contributed by atoms with Crippen LogP contribution < -0.4 is 15.8 Å². The number of benzene rings is 1. The summed E-state index contributed by atoms with van der Waals surface area (Å²) in [5, 5.41) is 3.24. The van der Waals surface area contributed by atoms with Crippen molar-refractivity contribution < 1.29 is 18.7 Å². The van der Waals surface area contributed by atoms with Crippen molar-refractivity contribution in [1.82, 2.24) is 9.36 Å². The molecule has 36 heavy (non-hydrogen) atoms. The first kappa shape index (κ1) is 25.1. The molecule has 1 amide bonds. The van der Waals surface area contributed by atoms with E-state index in [1.54, 1.807) is 45.9 Å². The minimum Gasteiger partial charge on any atom is -0.444 e. The molecule has 0 bridgehead atoms. The lowest BCUT2D eigenvalue weighted by Crippen LogP contribution is -2.27. The van der Waals surface area contributed by atoms with Crippen molar-refractivity contribution in [1.29, 1.82) is 0 Å². The Morgan fingerprint density at radius 2 is 2.06 bits per heavy atom. The number of hydrogen-bond acceptors (Lipinski definition) is 7. The lowest BCUT2D eigenvalue weighted by Gasteiger charge is -2.25. The predicted molar refractivity (Wildman–Crippen MR) is 137 cm³/mol. The molecule has 10 heteroatoms. The van der Waals surface area contributed by atoms with Gasteiger partial charge in [0.1, 0.15) is 22.2 Å². The fourth-order valence-corrected chi connectivity index (χ4v) is 4.38. The minimum atomic E-state index is -0.634. The van der Waals surface area contributed by atoms with Crippen LogP contribution in [0.2, 0.25) is 0 Å². The molecule has 1 fully saturated rings. The predicted octanol–water partition coefficient (Wildman–Crippen LogP) is 5.14. The number of hydrogen-bond donors (Lipinski definition) is 2. The summed E-state index contributed by atoms with van der Waals surface area (Å²) >= 11 is 1.19. The number of ether oxygens (including phenoxy) is 1. The molecule has 3 aromatic rings. The number of anilines is 3. The van der Waals surface area contributed by atoms with Gasteiger partial charge in [0.2, 0.25) is 0 Å². The van der Waals surface area contributed by atoms with Gasteiger partial charge in [0, 0.05) is 23.4 Å². The largest absolute Gasteiger partial charge is 0.444 e. The third kappa shape index (κ3) is 5.80. The van der Waals surface area contributed by atoms with Crippen molar-refractivity contribution in [3.8, 4) is 11.8 Å². The number of amides is 1. The Hall–Kier alpha value is -3.97. The summed E-state index contributed by atoms with van der Waals surface area (Å²) < 4.78 is 22.7. The molecule has 2 N–H and O–H groups in total. The molecule has 0 radical (unpaired) electrons. The second kappa shape index (κ2) is 9.95. The second-order valence-electron chi connectivity index (χ2n) is 9.38. The van der Waals surface area contributed by atoms with E-state index in [-0.39, 0.29) is 22.7 Å². The van der Waals surface area contributed by atoms with Gasteiger partial charge in [-0.15, -0.1) is 0 Å². The van der Waals surface area contributed by atoms with Gasteiger partial charge in [-0.05, 0) is 76.3 Å². The smallest absolute Gasteiger partial charge is 0.413 e. The van der Waals surface area contributed by atoms with Crippen molar-refractivity contribution in [2.75, 3.05) is 10.2 Å². The summed E-state index contributed by atoms with van der Waals surface area (Å²) in [6.45, 7) is 7.00. The third-order valence-electron chi connectivity index (χ3n) is 5.27. The summed E-state index contributed by atoms with van der Waals surface area (Å²) in [6.07, 6.45) is 3.24. The zero-order valence-electron chi connectivity index (χ0n) is 20.3. The summed E-state index contributed by atoms with van der Waals surface area (Å²) in [5.74, 6) is 5.34. The monoisotopic (exact) mass is 508 g/mol. The van der Waals surface area contributed by atoms with E-state index in [1.807, 2.05) is 4.90 Å². The van der Waals surface area contributed by atoms with Crippen molar-refractivity contribution in [2.24, 2.45) is 0 Å². The van der Waals surface area contributed by atoms with Crippen molar-refractivity contribution in [3.63, 3.8) is 0 Å². The Labute approximate surface area is 211 Å². The van der Waals surface area contributed by atoms with Crippen LogP contribution in [0, 0.1) is 24.6 Å². The van der Waals surface area contributed by atoms with E-state index < -0.39 is 17.5 Å². The molecule has 1 saturated carbocycles. The van der Waals surface area contributed by atoms with Gasteiger partial charge < -0.3 is 9.64 Å². The minimum absolute atomic E-state index is 0.109. The van der Waals surface area contributed by atoms with Gasteiger partial charge in [-0.3, -0.25) is 19.3 Å². The van der Waals surface area contributed by atoms with Crippen LogP contribution in [0.5, 0.6) is 0 Å². The number of aromatic nitrogens is 2. The molecule has 0 spiro atoms. The van der Waals surface area contributed by atoms with Gasteiger partial charge in [-0.1, -0.05) is 11.8 Å². The standard InChI is InChI=1S/C26H25FN4O4S/c1-15-23(33)30-36-24(15)31(19-8-9-19)21-12-17(20(27)11-18(21)14-32)7-5-16-6-10-22(28-13-16)29-25(34)35-26(2,3)4/h6,10-14,19H,8-9H2,1-4H3,(H,30,33)(H,28,29,34). The summed E-state index contributed by atoms with van der Waals surface area (Å²) in [5.41, 5.74) is 1.03. The SMILES string of the molecule is Cc1c(N(c2cc(C#Cc3ccc(NC(=O)OC(C)(C)C)nc3)c(F)cc2C=O)C2CC2)s[nH]c1=O. The lowest BCUT2D eigenvalue weighted by molar-refractivity contribution is 0.0635. The Kier molecular flexibility index (Phi) is 6.95. The molecule has 0 atom stereocenters. The molecule has 0 unspecified atom stereocenters. The molecule has 4 rings (SSSR count).